The van der Waals surface area contributed by atoms with E-state index in [0.717, 1.165) is 12.1 Å². The van der Waals surface area contributed by atoms with Gasteiger partial charge in [0.2, 0.25) is 0 Å². The predicted octanol–water partition coefficient (Wildman–Crippen LogP) is 1.90. The normalized spacial score (nSPS) is 10.2. The maximum Gasteiger partial charge on any atom is 0.377 e. The van der Waals surface area contributed by atoms with Crippen LogP contribution in [0.4, 0.5) is 8.78 Å². The van der Waals surface area contributed by atoms with Crippen molar-refractivity contribution in [3.63, 3.8) is 0 Å². The molecule has 0 unspecified atom stereocenters. The lowest BCUT2D eigenvalue weighted by Crippen LogP contribution is -2.15. The van der Waals surface area contributed by atoms with Crippen molar-refractivity contribution in [2.24, 2.45) is 0 Å². The molecule has 1 N–H and O–H groups in total. The van der Waals surface area contributed by atoms with Gasteiger partial charge in [0.15, 0.2) is 0 Å². The summed E-state index contributed by atoms with van der Waals surface area (Å²) in [5.74, 6) is -3.02. The number of carboxylic acid groups (broad SMARTS) is 1. The van der Waals surface area contributed by atoms with Crippen LogP contribution in [0, 0.1) is 0 Å². The number of carbonyl (C=O) groups excluding carboxylic acids is 1. The quantitative estimate of drug-likeness (QED) is 0.633. The van der Waals surface area contributed by atoms with E-state index >= 15 is 0 Å². The van der Waals surface area contributed by atoms with Gasteiger partial charge in [-0.1, -0.05) is 0 Å². The van der Waals surface area contributed by atoms with E-state index in [-0.39, 0.29) is 5.75 Å². The molecular formula is C10H8F2O4. The van der Waals surface area contributed by atoms with Gasteiger partial charge in [-0.3, -0.25) is 4.79 Å². The fourth-order valence-electron chi connectivity index (χ4n) is 1.16. The Bertz CT molecular complexity index is 429. The van der Waals surface area contributed by atoms with Crippen LogP contribution in [0.2, 0.25) is 0 Å². The molecule has 0 aromatic heterocycles. The number of carboxylic acids is 1. The Balaban J connectivity index is 3.31. The van der Waals surface area contributed by atoms with Crippen molar-refractivity contribution in [1.29, 1.82) is 0 Å². The van der Waals surface area contributed by atoms with Gasteiger partial charge in [0.05, 0.1) is 7.11 Å². The maximum absolute atomic E-state index is 12.5. The highest BCUT2D eigenvalue weighted by Crippen LogP contribution is 2.26. The Morgan fingerprint density at radius 2 is 2.00 bits per heavy atom. The SMILES string of the molecule is COc1ccc(C(F)F)c(C(=O)C(=O)O)c1. The van der Waals surface area contributed by atoms with Gasteiger partial charge >= 0.3 is 5.97 Å². The molecule has 0 heterocycles. The first-order chi connectivity index (χ1) is 7.47. The molecule has 16 heavy (non-hydrogen) atoms. The van der Waals surface area contributed by atoms with E-state index in [9.17, 15) is 18.4 Å². The van der Waals surface area contributed by atoms with Crippen molar-refractivity contribution in [2.75, 3.05) is 7.11 Å². The number of methoxy groups -OCH3 is 1. The smallest absolute Gasteiger partial charge is 0.377 e. The first kappa shape index (κ1) is 12.1. The summed E-state index contributed by atoms with van der Waals surface area (Å²) in [6, 6.07) is 3.19. The summed E-state index contributed by atoms with van der Waals surface area (Å²) in [6.45, 7) is 0. The van der Waals surface area contributed by atoms with E-state index in [1.807, 2.05) is 0 Å². The summed E-state index contributed by atoms with van der Waals surface area (Å²) in [7, 11) is 1.28. The number of halogens is 2. The lowest BCUT2D eigenvalue weighted by molar-refractivity contribution is -0.131. The second kappa shape index (κ2) is 4.69. The van der Waals surface area contributed by atoms with Crippen molar-refractivity contribution in [3.05, 3.63) is 29.3 Å². The van der Waals surface area contributed by atoms with Crippen molar-refractivity contribution in [2.45, 2.75) is 6.43 Å². The topological polar surface area (TPSA) is 63.6 Å². The number of benzene rings is 1. The fraction of sp³-hybridized carbons (Fsp3) is 0.200. The molecule has 1 aromatic rings. The van der Waals surface area contributed by atoms with Gasteiger partial charge in [0, 0.05) is 11.1 Å². The largest absolute Gasteiger partial charge is 0.497 e. The van der Waals surface area contributed by atoms with E-state index < -0.39 is 29.3 Å². The molecule has 1 rings (SSSR count). The van der Waals surface area contributed by atoms with Crippen LogP contribution in [-0.4, -0.2) is 24.0 Å². The van der Waals surface area contributed by atoms with Crippen LogP contribution < -0.4 is 4.74 Å². The molecular weight excluding hydrogens is 222 g/mol. The highest BCUT2D eigenvalue weighted by molar-refractivity contribution is 6.40. The highest BCUT2D eigenvalue weighted by atomic mass is 19.3. The van der Waals surface area contributed by atoms with Crippen molar-refractivity contribution >= 4 is 11.8 Å². The number of hydrogen-bond acceptors (Lipinski definition) is 3. The molecule has 1 aromatic carbocycles. The third-order valence-electron chi connectivity index (χ3n) is 1.93. The second-order valence-electron chi connectivity index (χ2n) is 2.89. The first-order valence-electron chi connectivity index (χ1n) is 4.21. The van der Waals surface area contributed by atoms with Crippen LogP contribution in [0.15, 0.2) is 18.2 Å². The lowest BCUT2D eigenvalue weighted by atomic mass is 10.0. The highest BCUT2D eigenvalue weighted by Gasteiger charge is 2.23. The molecule has 0 saturated heterocycles. The molecule has 0 fully saturated rings. The average Bonchev–Trinajstić information content (AvgIpc) is 2.26. The molecule has 0 bridgehead atoms. The lowest BCUT2D eigenvalue weighted by Gasteiger charge is -2.07. The molecule has 4 nitrogen and oxygen atoms in total. The van der Waals surface area contributed by atoms with Gasteiger partial charge in [-0.2, -0.15) is 0 Å². The maximum atomic E-state index is 12.5. The Kier molecular flexibility index (Phi) is 3.55. The summed E-state index contributed by atoms with van der Waals surface area (Å²) >= 11 is 0. The van der Waals surface area contributed by atoms with Crippen LogP contribution in [0.3, 0.4) is 0 Å². The monoisotopic (exact) mass is 230 g/mol. The Hall–Kier alpha value is -1.98. The van der Waals surface area contributed by atoms with Crippen molar-refractivity contribution < 1.29 is 28.2 Å². The molecule has 86 valence electrons. The van der Waals surface area contributed by atoms with Crippen LogP contribution in [0.1, 0.15) is 22.3 Å². The fourth-order valence-corrected chi connectivity index (χ4v) is 1.16. The van der Waals surface area contributed by atoms with Crippen LogP contribution in [0.5, 0.6) is 5.75 Å². The van der Waals surface area contributed by atoms with Crippen molar-refractivity contribution in [3.8, 4) is 5.75 Å². The summed E-state index contributed by atoms with van der Waals surface area (Å²) in [5, 5.41) is 8.47. The van der Waals surface area contributed by atoms with Crippen LogP contribution in [0.25, 0.3) is 0 Å². The van der Waals surface area contributed by atoms with Gasteiger partial charge in [0.25, 0.3) is 12.2 Å². The minimum Gasteiger partial charge on any atom is -0.497 e. The molecule has 0 atom stereocenters. The summed E-state index contributed by atoms with van der Waals surface area (Å²) in [4.78, 5) is 21.6. The van der Waals surface area contributed by atoms with E-state index in [4.69, 9.17) is 9.84 Å². The Morgan fingerprint density at radius 1 is 1.38 bits per heavy atom. The molecule has 6 heteroatoms. The van der Waals surface area contributed by atoms with Gasteiger partial charge in [0.1, 0.15) is 5.75 Å². The molecule has 0 aliphatic carbocycles. The third kappa shape index (κ3) is 2.33. The van der Waals surface area contributed by atoms with Gasteiger partial charge < -0.3 is 9.84 Å². The number of rotatable bonds is 4. The molecule has 0 saturated carbocycles. The van der Waals surface area contributed by atoms with Gasteiger partial charge in [-0.05, 0) is 18.2 Å². The third-order valence-corrected chi connectivity index (χ3v) is 1.93. The number of carbonyl (C=O) groups is 2. The van der Waals surface area contributed by atoms with E-state index in [1.165, 1.54) is 13.2 Å². The summed E-state index contributed by atoms with van der Waals surface area (Å²) in [5.41, 5.74) is -1.17. The number of ketones is 1. The van der Waals surface area contributed by atoms with Crippen molar-refractivity contribution in [1.82, 2.24) is 0 Å². The number of ether oxygens (including phenoxy) is 1. The number of aliphatic carboxylic acids is 1. The minimum atomic E-state index is -2.91. The molecule has 0 spiro atoms. The van der Waals surface area contributed by atoms with Crippen LogP contribution >= 0.6 is 0 Å². The molecule has 0 aliphatic rings. The molecule has 0 amide bonds. The first-order valence-corrected chi connectivity index (χ1v) is 4.21. The average molecular weight is 230 g/mol. The minimum absolute atomic E-state index is 0.147. The van der Waals surface area contributed by atoms with Gasteiger partial charge in [-0.15, -0.1) is 0 Å². The van der Waals surface area contributed by atoms with Gasteiger partial charge in [-0.25, -0.2) is 13.6 Å². The number of Topliss-reactive ketones (excluding diaryl/α,β-unsaturated/α-hetero) is 1. The Morgan fingerprint density at radius 3 is 2.44 bits per heavy atom. The number of hydrogen-bond donors (Lipinski definition) is 1. The second-order valence-corrected chi connectivity index (χ2v) is 2.89. The Labute approximate surface area is 89.5 Å². The summed E-state index contributed by atoms with van der Waals surface area (Å²) < 4.78 is 29.7. The van der Waals surface area contributed by atoms with E-state index in [2.05, 4.69) is 0 Å². The predicted molar refractivity (Wildman–Crippen MR) is 49.9 cm³/mol. The number of alkyl halides is 2. The zero-order chi connectivity index (χ0) is 12.3. The zero-order valence-corrected chi connectivity index (χ0v) is 8.24. The van der Waals surface area contributed by atoms with Crippen LogP contribution in [-0.2, 0) is 4.79 Å². The van der Waals surface area contributed by atoms with E-state index in [1.54, 1.807) is 0 Å². The molecule has 0 aliphatic heterocycles. The summed E-state index contributed by atoms with van der Waals surface area (Å²) in [6.07, 6.45) is -2.91. The standard InChI is InChI=1S/C10H8F2O4/c1-16-5-2-3-6(9(11)12)7(4-5)8(13)10(14)15/h2-4,9H,1H3,(H,14,15). The zero-order valence-electron chi connectivity index (χ0n) is 8.24. The molecule has 0 radical (unpaired) electrons. The van der Waals surface area contributed by atoms with E-state index in [0.29, 0.717) is 0 Å².